The van der Waals surface area contributed by atoms with Crippen molar-refractivity contribution in [3.05, 3.63) is 53.7 Å². The van der Waals surface area contributed by atoms with E-state index in [-0.39, 0.29) is 6.04 Å². The van der Waals surface area contributed by atoms with Crippen LogP contribution in [-0.4, -0.2) is 12.1 Å². The van der Waals surface area contributed by atoms with E-state index in [0.717, 1.165) is 16.9 Å². The minimum absolute atomic E-state index is 0.0634. The summed E-state index contributed by atoms with van der Waals surface area (Å²) in [6.45, 7) is 1.99. The van der Waals surface area contributed by atoms with Gasteiger partial charge in [-0.05, 0) is 30.7 Å². The van der Waals surface area contributed by atoms with Crippen molar-refractivity contribution >= 4 is 11.8 Å². The summed E-state index contributed by atoms with van der Waals surface area (Å²) >= 11 is 1.76. The monoisotopic (exact) mass is 274 g/mol. The quantitative estimate of drug-likeness (QED) is 0.849. The Hall–Kier alpha value is -1.52. The highest BCUT2D eigenvalue weighted by molar-refractivity contribution is 7.98. The first-order chi connectivity index (χ1) is 9.20. The summed E-state index contributed by atoms with van der Waals surface area (Å²) in [7, 11) is 1.65. The predicted molar refractivity (Wildman–Crippen MR) is 79.4 cm³/mol. The Morgan fingerprint density at radius 2 is 2.16 bits per heavy atom. The number of benzene rings is 1. The molecule has 2 N–H and O–H groups in total. The van der Waals surface area contributed by atoms with Gasteiger partial charge in [0.05, 0.1) is 7.11 Å². The van der Waals surface area contributed by atoms with Gasteiger partial charge in [-0.25, -0.2) is 4.98 Å². The maximum atomic E-state index is 5.90. The van der Waals surface area contributed by atoms with E-state index in [4.69, 9.17) is 10.5 Å². The Labute approximate surface area is 118 Å². The third-order valence-corrected chi connectivity index (χ3v) is 3.86. The number of hydrogen-bond donors (Lipinski definition) is 1. The van der Waals surface area contributed by atoms with Gasteiger partial charge in [0.2, 0.25) is 5.88 Å². The van der Waals surface area contributed by atoms with Crippen LogP contribution < -0.4 is 10.5 Å². The lowest BCUT2D eigenvalue weighted by molar-refractivity contribution is 0.394. The Morgan fingerprint density at radius 1 is 1.32 bits per heavy atom. The average molecular weight is 274 g/mol. The molecular weight excluding hydrogens is 256 g/mol. The lowest BCUT2D eigenvalue weighted by atomic mass is 10.1. The molecule has 0 spiro atoms. The molecule has 0 saturated heterocycles. The van der Waals surface area contributed by atoms with Gasteiger partial charge in [-0.1, -0.05) is 18.2 Å². The molecule has 1 aromatic heterocycles. The standard InChI is InChI=1S/C15H18N2OS/c1-11(16)12-5-3-7-14(9-12)19-10-13-6-4-8-17-15(13)18-2/h3-9,11H,10,16H2,1-2H3. The molecule has 4 heteroatoms. The average Bonchev–Trinajstić information content (AvgIpc) is 2.45. The number of methoxy groups -OCH3 is 1. The van der Waals surface area contributed by atoms with Crippen molar-refractivity contribution in [3.63, 3.8) is 0 Å². The van der Waals surface area contributed by atoms with Crippen LogP contribution >= 0.6 is 11.8 Å². The van der Waals surface area contributed by atoms with Gasteiger partial charge in [0, 0.05) is 28.5 Å². The molecular formula is C15H18N2OS. The third-order valence-electron chi connectivity index (χ3n) is 2.82. The van der Waals surface area contributed by atoms with E-state index >= 15 is 0 Å². The van der Waals surface area contributed by atoms with E-state index in [1.807, 2.05) is 25.1 Å². The first-order valence-corrected chi connectivity index (χ1v) is 7.15. The molecule has 3 nitrogen and oxygen atoms in total. The smallest absolute Gasteiger partial charge is 0.217 e. The maximum Gasteiger partial charge on any atom is 0.217 e. The summed E-state index contributed by atoms with van der Waals surface area (Å²) in [5, 5.41) is 0. The first kappa shape index (κ1) is 13.9. The Kier molecular flexibility index (Phi) is 4.82. The van der Waals surface area contributed by atoms with Crippen molar-refractivity contribution in [2.45, 2.75) is 23.6 Å². The summed E-state index contributed by atoms with van der Waals surface area (Å²) < 4.78 is 5.25. The number of ether oxygens (including phenoxy) is 1. The van der Waals surface area contributed by atoms with E-state index in [1.165, 1.54) is 4.90 Å². The van der Waals surface area contributed by atoms with Crippen molar-refractivity contribution in [1.82, 2.24) is 4.98 Å². The van der Waals surface area contributed by atoms with Gasteiger partial charge >= 0.3 is 0 Å². The fourth-order valence-electron chi connectivity index (χ4n) is 1.77. The van der Waals surface area contributed by atoms with Crippen molar-refractivity contribution in [1.29, 1.82) is 0 Å². The van der Waals surface area contributed by atoms with E-state index in [9.17, 15) is 0 Å². The normalized spacial score (nSPS) is 12.2. The van der Waals surface area contributed by atoms with Crippen LogP contribution in [0, 0.1) is 0 Å². The van der Waals surface area contributed by atoms with Crippen LogP contribution in [0.25, 0.3) is 0 Å². The lowest BCUT2D eigenvalue weighted by Gasteiger charge is -2.09. The molecule has 100 valence electrons. The van der Waals surface area contributed by atoms with Crippen LogP contribution in [-0.2, 0) is 5.75 Å². The van der Waals surface area contributed by atoms with Gasteiger partial charge in [-0.2, -0.15) is 0 Å². The largest absolute Gasteiger partial charge is 0.481 e. The zero-order valence-corrected chi connectivity index (χ0v) is 12.0. The number of rotatable bonds is 5. The van der Waals surface area contributed by atoms with Crippen molar-refractivity contribution in [2.24, 2.45) is 5.73 Å². The van der Waals surface area contributed by atoms with Crippen LogP contribution in [0.1, 0.15) is 24.1 Å². The molecule has 1 heterocycles. The summed E-state index contributed by atoms with van der Waals surface area (Å²) in [6.07, 6.45) is 1.74. The highest BCUT2D eigenvalue weighted by Crippen LogP contribution is 2.27. The highest BCUT2D eigenvalue weighted by Gasteiger charge is 2.05. The topological polar surface area (TPSA) is 48.1 Å². The fraction of sp³-hybridized carbons (Fsp3) is 0.267. The van der Waals surface area contributed by atoms with Crippen molar-refractivity contribution < 1.29 is 4.74 Å². The number of thioether (sulfide) groups is 1. The Morgan fingerprint density at radius 3 is 2.89 bits per heavy atom. The summed E-state index contributed by atoms with van der Waals surface area (Å²) in [4.78, 5) is 5.41. The van der Waals surface area contributed by atoms with Gasteiger partial charge < -0.3 is 10.5 Å². The summed E-state index contributed by atoms with van der Waals surface area (Å²) in [5.74, 6) is 1.53. The highest BCUT2D eigenvalue weighted by atomic mass is 32.2. The molecule has 1 atom stereocenters. The van der Waals surface area contributed by atoms with Gasteiger partial charge in [0.15, 0.2) is 0 Å². The van der Waals surface area contributed by atoms with Crippen LogP contribution in [0.3, 0.4) is 0 Å². The summed E-state index contributed by atoms with van der Waals surface area (Å²) in [6, 6.07) is 12.4. The predicted octanol–water partition coefficient (Wildman–Crippen LogP) is 3.40. The van der Waals surface area contributed by atoms with Crippen LogP contribution in [0.15, 0.2) is 47.5 Å². The summed E-state index contributed by atoms with van der Waals surface area (Å²) in [5.41, 5.74) is 8.15. The van der Waals surface area contributed by atoms with Gasteiger partial charge in [0.25, 0.3) is 0 Å². The molecule has 2 rings (SSSR count). The second-order valence-electron chi connectivity index (χ2n) is 4.32. The van der Waals surface area contributed by atoms with E-state index in [1.54, 1.807) is 25.1 Å². The minimum atomic E-state index is 0.0634. The maximum absolute atomic E-state index is 5.90. The molecule has 0 aliphatic heterocycles. The second kappa shape index (κ2) is 6.59. The van der Waals surface area contributed by atoms with Crippen LogP contribution in [0.2, 0.25) is 0 Å². The molecule has 19 heavy (non-hydrogen) atoms. The van der Waals surface area contributed by atoms with Crippen molar-refractivity contribution in [2.75, 3.05) is 7.11 Å². The fourth-order valence-corrected chi connectivity index (χ4v) is 2.70. The van der Waals surface area contributed by atoms with Gasteiger partial charge in [-0.3, -0.25) is 0 Å². The molecule has 1 unspecified atom stereocenters. The molecule has 0 aliphatic rings. The molecule has 0 radical (unpaired) electrons. The SMILES string of the molecule is COc1ncccc1CSc1cccc(C(C)N)c1. The van der Waals surface area contributed by atoms with Crippen molar-refractivity contribution in [3.8, 4) is 5.88 Å². The Balaban J connectivity index is 2.08. The molecule has 2 aromatic rings. The first-order valence-electron chi connectivity index (χ1n) is 6.17. The van der Waals surface area contributed by atoms with Gasteiger partial charge in [-0.15, -0.1) is 11.8 Å². The molecule has 1 aromatic carbocycles. The van der Waals surface area contributed by atoms with E-state index in [0.29, 0.717) is 5.88 Å². The molecule has 0 fully saturated rings. The molecule has 0 saturated carbocycles. The number of nitrogens with zero attached hydrogens (tertiary/aromatic N) is 1. The second-order valence-corrected chi connectivity index (χ2v) is 5.37. The number of hydrogen-bond acceptors (Lipinski definition) is 4. The molecule has 0 bridgehead atoms. The number of nitrogens with two attached hydrogens (primary N) is 1. The Bertz CT molecular complexity index is 543. The minimum Gasteiger partial charge on any atom is -0.481 e. The van der Waals surface area contributed by atoms with Crippen LogP contribution in [0.4, 0.5) is 0 Å². The number of pyridine rings is 1. The zero-order valence-electron chi connectivity index (χ0n) is 11.2. The molecule has 0 amide bonds. The third kappa shape index (κ3) is 3.72. The van der Waals surface area contributed by atoms with E-state index in [2.05, 4.69) is 23.2 Å². The van der Waals surface area contributed by atoms with E-state index < -0.39 is 0 Å². The van der Waals surface area contributed by atoms with Gasteiger partial charge in [0.1, 0.15) is 0 Å². The van der Waals surface area contributed by atoms with Crippen LogP contribution in [0.5, 0.6) is 5.88 Å². The zero-order chi connectivity index (χ0) is 13.7. The lowest BCUT2D eigenvalue weighted by Crippen LogP contribution is -2.04. The number of aromatic nitrogens is 1. The molecule has 0 aliphatic carbocycles.